The van der Waals surface area contributed by atoms with Crippen molar-refractivity contribution in [2.45, 2.75) is 6.92 Å². The Kier molecular flexibility index (Phi) is 2.58. The summed E-state index contributed by atoms with van der Waals surface area (Å²) in [5.74, 6) is 0.731. The first-order chi connectivity index (χ1) is 7.31. The zero-order valence-corrected chi connectivity index (χ0v) is 8.56. The van der Waals surface area contributed by atoms with E-state index in [4.69, 9.17) is 4.74 Å². The van der Waals surface area contributed by atoms with Crippen LogP contribution in [0.4, 0.5) is 0 Å². The maximum Gasteiger partial charge on any atom is 0.198 e. The van der Waals surface area contributed by atoms with Crippen molar-refractivity contribution in [2.24, 2.45) is 0 Å². The largest absolute Gasteiger partial charge is 0.495 e. The molecule has 0 amide bonds. The van der Waals surface area contributed by atoms with Crippen LogP contribution in [-0.2, 0) is 0 Å². The smallest absolute Gasteiger partial charge is 0.198 e. The van der Waals surface area contributed by atoms with E-state index in [1.165, 1.54) is 0 Å². The lowest BCUT2D eigenvalue weighted by Gasteiger charge is -2.03. The van der Waals surface area contributed by atoms with E-state index >= 15 is 0 Å². The number of aryl methyl sites for hydroxylation is 1. The van der Waals surface area contributed by atoms with E-state index in [1.807, 2.05) is 19.1 Å². The molecule has 2 heterocycles. The number of nitrogens with zero attached hydrogens (tertiary/aromatic N) is 3. The zero-order valence-electron chi connectivity index (χ0n) is 8.56. The van der Waals surface area contributed by atoms with Crippen LogP contribution in [0.2, 0.25) is 0 Å². The Labute approximate surface area is 88.0 Å². The lowest BCUT2D eigenvalue weighted by molar-refractivity contribution is 0.413. The number of hydrogen-bond acceptors (Lipinski definition) is 4. The standard InChI is InChI=1S/C11H10N3O/c1-8-5-12-7-14-11(8)10-4-3-9(15-2)6-13-10/h3-6H,1-2H3. The molecule has 2 aromatic rings. The van der Waals surface area contributed by atoms with Crippen molar-refractivity contribution in [3.05, 3.63) is 36.4 Å². The van der Waals surface area contributed by atoms with Crippen molar-refractivity contribution in [1.29, 1.82) is 0 Å². The Morgan fingerprint density at radius 3 is 2.73 bits per heavy atom. The number of rotatable bonds is 2. The minimum atomic E-state index is 0.731. The third kappa shape index (κ3) is 1.93. The van der Waals surface area contributed by atoms with E-state index in [-0.39, 0.29) is 0 Å². The van der Waals surface area contributed by atoms with Crippen LogP contribution in [0.3, 0.4) is 0 Å². The quantitative estimate of drug-likeness (QED) is 0.739. The van der Waals surface area contributed by atoms with Gasteiger partial charge in [-0.15, -0.1) is 0 Å². The average molecular weight is 200 g/mol. The van der Waals surface area contributed by atoms with E-state index in [1.54, 1.807) is 19.5 Å². The van der Waals surface area contributed by atoms with E-state index in [9.17, 15) is 0 Å². The Balaban J connectivity index is 2.42. The van der Waals surface area contributed by atoms with Crippen LogP contribution in [0.5, 0.6) is 5.75 Å². The molecule has 0 N–H and O–H groups in total. The second kappa shape index (κ2) is 4.04. The molecule has 0 aliphatic rings. The minimum absolute atomic E-state index is 0.731. The molecule has 0 atom stereocenters. The van der Waals surface area contributed by atoms with Crippen LogP contribution < -0.4 is 4.74 Å². The van der Waals surface area contributed by atoms with E-state index in [0.29, 0.717) is 0 Å². The number of pyridine rings is 1. The molecule has 4 nitrogen and oxygen atoms in total. The average Bonchev–Trinajstić information content (AvgIpc) is 2.30. The van der Waals surface area contributed by atoms with Gasteiger partial charge >= 0.3 is 0 Å². The van der Waals surface area contributed by atoms with Crippen LogP contribution in [0.15, 0.2) is 24.5 Å². The minimum Gasteiger partial charge on any atom is -0.495 e. The molecule has 0 fully saturated rings. The Morgan fingerprint density at radius 1 is 1.27 bits per heavy atom. The highest BCUT2D eigenvalue weighted by atomic mass is 16.5. The van der Waals surface area contributed by atoms with Gasteiger partial charge in [0.05, 0.1) is 24.7 Å². The van der Waals surface area contributed by atoms with Gasteiger partial charge in [0.2, 0.25) is 0 Å². The molecule has 0 aromatic carbocycles. The first-order valence-corrected chi connectivity index (χ1v) is 4.51. The fourth-order valence-electron chi connectivity index (χ4n) is 1.25. The molecule has 15 heavy (non-hydrogen) atoms. The van der Waals surface area contributed by atoms with Crippen LogP contribution >= 0.6 is 0 Å². The first-order valence-electron chi connectivity index (χ1n) is 4.51. The van der Waals surface area contributed by atoms with Crippen molar-refractivity contribution in [3.63, 3.8) is 0 Å². The molecule has 0 unspecified atom stereocenters. The Hall–Kier alpha value is -1.97. The van der Waals surface area contributed by atoms with Gasteiger partial charge in [-0.3, -0.25) is 4.98 Å². The summed E-state index contributed by atoms with van der Waals surface area (Å²) in [4.78, 5) is 12.1. The lowest BCUT2D eigenvalue weighted by atomic mass is 10.2. The molecular formula is C11H10N3O. The molecule has 0 spiro atoms. The lowest BCUT2D eigenvalue weighted by Crippen LogP contribution is -1.93. The van der Waals surface area contributed by atoms with Crippen LogP contribution in [0, 0.1) is 13.3 Å². The highest BCUT2D eigenvalue weighted by molar-refractivity contribution is 5.57. The van der Waals surface area contributed by atoms with Gasteiger partial charge in [-0.2, -0.15) is 0 Å². The molecule has 1 radical (unpaired) electrons. The molecular weight excluding hydrogens is 190 g/mol. The molecule has 0 aliphatic carbocycles. The predicted molar refractivity (Wildman–Crippen MR) is 55.4 cm³/mol. The maximum absolute atomic E-state index is 5.03. The fraction of sp³-hybridized carbons (Fsp3) is 0.182. The topological polar surface area (TPSA) is 47.9 Å². The van der Waals surface area contributed by atoms with E-state index in [2.05, 4.69) is 21.3 Å². The summed E-state index contributed by atoms with van der Waals surface area (Å²) in [6.07, 6.45) is 5.94. The molecule has 2 rings (SSSR count). The molecule has 0 saturated carbocycles. The van der Waals surface area contributed by atoms with E-state index < -0.39 is 0 Å². The molecule has 0 aliphatic heterocycles. The van der Waals surface area contributed by atoms with E-state index in [0.717, 1.165) is 22.7 Å². The van der Waals surface area contributed by atoms with Gasteiger partial charge in [0.1, 0.15) is 5.75 Å². The second-order valence-electron chi connectivity index (χ2n) is 3.08. The monoisotopic (exact) mass is 200 g/mol. The molecule has 0 saturated heterocycles. The molecule has 2 aromatic heterocycles. The summed E-state index contributed by atoms with van der Waals surface area (Å²) in [5, 5.41) is 0. The predicted octanol–water partition coefficient (Wildman–Crippen LogP) is 1.66. The third-order valence-corrected chi connectivity index (χ3v) is 2.07. The van der Waals surface area contributed by atoms with Crippen molar-refractivity contribution in [1.82, 2.24) is 15.0 Å². The third-order valence-electron chi connectivity index (χ3n) is 2.07. The van der Waals surface area contributed by atoms with Crippen LogP contribution in [0.25, 0.3) is 11.4 Å². The van der Waals surface area contributed by atoms with Gasteiger partial charge in [0.25, 0.3) is 0 Å². The van der Waals surface area contributed by atoms with Gasteiger partial charge in [0, 0.05) is 6.20 Å². The first kappa shape index (κ1) is 9.58. The van der Waals surface area contributed by atoms with Gasteiger partial charge < -0.3 is 4.74 Å². The zero-order chi connectivity index (χ0) is 10.7. The summed E-state index contributed by atoms with van der Waals surface area (Å²) in [7, 11) is 1.61. The summed E-state index contributed by atoms with van der Waals surface area (Å²) in [5.41, 5.74) is 2.58. The van der Waals surface area contributed by atoms with Gasteiger partial charge in [-0.05, 0) is 24.6 Å². The van der Waals surface area contributed by atoms with Crippen LogP contribution in [0.1, 0.15) is 5.56 Å². The fourth-order valence-corrected chi connectivity index (χ4v) is 1.25. The maximum atomic E-state index is 5.03. The number of hydrogen-bond donors (Lipinski definition) is 0. The molecule has 0 bridgehead atoms. The van der Waals surface area contributed by atoms with Crippen molar-refractivity contribution in [3.8, 4) is 17.1 Å². The van der Waals surface area contributed by atoms with Gasteiger partial charge in [0.15, 0.2) is 6.33 Å². The summed E-state index contributed by atoms with van der Waals surface area (Å²) in [6, 6.07) is 3.71. The van der Waals surface area contributed by atoms with Crippen molar-refractivity contribution < 1.29 is 4.74 Å². The Bertz CT molecular complexity index is 454. The summed E-state index contributed by atoms with van der Waals surface area (Å²) >= 11 is 0. The van der Waals surface area contributed by atoms with Crippen LogP contribution in [-0.4, -0.2) is 22.1 Å². The number of ether oxygens (including phenoxy) is 1. The Morgan fingerprint density at radius 2 is 2.13 bits per heavy atom. The summed E-state index contributed by atoms with van der Waals surface area (Å²) < 4.78 is 5.03. The van der Waals surface area contributed by atoms with Gasteiger partial charge in [-0.1, -0.05) is 0 Å². The normalized spacial score (nSPS) is 10.0. The van der Waals surface area contributed by atoms with Gasteiger partial charge in [-0.25, -0.2) is 9.97 Å². The highest BCUT2D eigenvalue weighted by Crippen LogP contribution is 2.19. The molecule has 4 heteroatoms. The SMILES string of the molecule is COc1ccc(-c2n[c]ncc2C)nc1. The number of methoxy groups -OCH3 is 1. The van der Waals surface area contributed by atoms with Crippen molar-refractivity contribution in [2.75, 3.05) is 7.11 Å². The second-order valence-corrected chi connectivity index (χ2v) is 3.08. The highest BCUT2D eigenvalue weighted by Gasteiger charge is 2.04. The van der Waals surface area contributed by atoms with Crippen molar-refractivity contribution >= 4 is 0 Å². The number of aromatic nitrogens is 3. The summed E-state index contributed by atoms with van der Waals surface area (Å²) in [6.45, 7) is 1.94. The molecule has 75 valence electrons.